The van der Waals surface area contributed by atoms with Crippen molar-refractivity contribution in [2.24, 2.45) is 0 Å². The lowest BCUT2D eigenvalue weighted by Crippen LogP contribution is -2.07. The van der Waals surface area contributed by atoms with Crippen LogP contribution in [0.4, 0.5) is 5.69 Å². The van der Waals surface area contributed by atoms with Gasteiger partial charge in [0.25, 0.3) is 0 Å². The van der Waals surface area contributed by atoms with Crippen molar-refractivity contribution < 1.29 is 14.3 Å². The third-order valence-electron chi connectivity index (χ3n) is 2.55. The topological polar surface area (TPSA) is 38.8 Å². The highest BCUT2D eigenvalue weighted by atomic mass is 16.6. The molecule has 0 amide bonds. The van der Waals surface area contributed by atoms with Crippen molar-refractivity contribution in [1.29, 1.82) is 0 Å². The van der Waals surface area contributed by atoms with Crippen LogP contribution in [-0.4, -0.2) is 34.3 Å². The van der Waals surface area contributed by atoms with Crippen LogP contribution in [0.2, 0.25) is 0 Å². The number of ether oxygens (including phenoxy) is 2. The zero-order valence-corrected chi connectivity index (χ0v) is 11.7. The summed E-state index contributed by atoms with van der Waals surface area (Å²) >= 11 is 0. The van der Waals surface area contributed by atoms with E-state index in [1.54, 1.807) is 12.2 Å². The molecule has 0 fully saturated rings. The summed E-state index contributed by atoms with van der Waals surface area (Å²) in [5.41, 5.74) is 2.18. The lowest BCUT2D eigenvalue weighted by molar-refractivity contribution is -0.139. The molecule has 0 saturated carbocycles. The highest BCUT2D eigenvalue weighted by Gasteiger charge is 2.06. The monoisotopic (exact) mass is 261 g/mol. The molecule has 1 rings (SSSR count). The molecule has 1 aromatic rings. The number of hydrogen-bond donors (Lipinski definition) is 0. The van der Waals surface area contributed by atoms with E-state index in [1.807, 2.05) is 49.3 Å². The van der Waals surface area contributed by atoms with Crippen molar-refractivity contribution in [3.63, 3.8) is 0 Å². The summed E-state index contributed by atoms with van der Waals surface area (Å²) in [5, 5.41) is 0. The second kappa shape index (κ2) is 7.26. The predicted octanol–water partition coefficient (Wildman–Crippen LogP) is 2.47. The van der Waals surface area contributed by atoms with E-state index in [-0.39, 0.29) is 5.76 Å². The van der Waals surface area contributed by atoms with Crippen molar-refractivity contribution in [3.8, 4) is 0 Å². The summed E-state index contributed by atoms with van der Waals surface area (Å²) in [4.78, 5) is 13.3. The van der Waals surface area contributed by atoms with Crippen molar-refractivity contribution in [2.45, 2.75) is 0 Å². The predicted molar refractivity (Wildman–Crippen MR) is 76.9 cm³/mol. The van der Waals surface area contributed by atoms with Gasteiger partial charge in [0.1, 0.15) is 0 Å². The van der Waals surface area contributed by atoms with E-state index >= 15 is 0 Å². The Morgan fingerprint density at radius 2 is 1.74 bits per heavy atom. The molecule has 0 aromatic heterocycles. The quantitative estimate of drug-likeness (QED) is 0.353. The summed E-state index contributed by atoms with van der Waals surface area (Å²) in [7, 11) is 6.74. The number of rotatable bonds is 5. The normalized spacial score (nSPS) is 11.5. The molecule has 0 unspecified atom stereocenters. The van der Waals surface area contributed by atoms with Gasteiger partial charge in [-0.3, -0.25) is 0 Å². The molecule has 0 aliphatic rings. The van der Waals surface area contributed by atoms with Crippen LogP contribution in [0.1, 0.15) is 5.56 Å². The van der Waals surface area contributed by atoms with Gasteiger partial charge in [0.2, 0.25) is 5.76 Å². The van der Waals surface area contributed by atoms with Gasteiger partial charge in [0, 0.05) is 19.8 Å². The smallest absolute Gasteiger partial charge is 0.373 e. The van der Waals surface area contributed by atoms with E-state index in [0.29, 0.717) is 0 Å². The first-order valence-electron chi connectivity index (χ1n) is 5.86. The Bertz CT molecular complexity index is 473. The second-order valence-corrected chi connectivity index (χ2v) is 4.07. The van der Waals surface area contributed by atoms with Crippen LogP contribution in [0.5, 0.6) is 0 Å². The Balaban J connectivity index is 2.76. The molecule has 4 nitrogen and oxygen atoms in total. The molecule has 1 aromatic carbocycles. The fourth-order valence-electron chi connectivity index (χ4n) is 1.45. The van der Waals surface area contributed by atoms with E-state index in [0.717, 1.165) is 11.3 Å². The molecule has 0 N–H and O–H groups in total. The maximum Gasteiger partial charge on any atom is 0.373 e. The van der Waals surface area contributed by atoms with Crippen molar-refractivity contribution in [1.82, 2.24) is 0 Å². The molecular formula is C15H19NO3. The second-order valence-electron chi connectivity index (χ2n) is 4.07. The third-order valence-corrected chi connectivity index (χ3v) is 2.55. The van der Waals surface area contributed by atoms with E-state index in [2.05, 4.69) is 4.74 Å². The third kappa shape index (κ3) is 4.50. The largest absolute Gasteiger partial charge is 0.490 e. The zero-order valence-electron chi connectivity index (χ0n) is 11.7. The molecule has 102 valence electrons. The lowest BCUT2D eigenvalue weighted by atomic mass is 10.2. The number of hydrogen-bond acceptors (Lipinski definition) is 4. The highest BCUT2D eigenvalue weighted by Crippen LogP contribution is 2.13. The van der Waals surface area contributed by atoms with Crippen LogP contribution in [0.3, 0.4) is 0 Å². The molecular weight excluding hydrogens is 242 g/mol. The van der Waals surface area contributed by atoms with Crippen molar-refractivity contribution >= 4 is 17.7 Å². The number of benzene rings is 1. The van der Waals surface area contributed by atoms with Crippen LogP contribution in [0.15, 0.2) is 42.2 Å². The average Bonchev–Trinajstić information content (AvgIpc) is 2.43. The van der Waals surface area contributed by atoms with Gasteiger partial charge in [-0.1, -0.05) is 24.3 Å². The summed E-state index contributed by atoms with van der Waals surface area (Å²) in [6, 6.07) is 8.07. The van der Waals surface area contributed by atoms with Gasteiger partial charge in [0.15, 0.2) is 0 Å². The SMILES string of the molecule is COC(=O)C(=CC=Cc1ccc(N(C)C)cc1)OC. The van der Waals surface area contributed by atoms with Crippen LogP contribution in [-0.2, 0) is 14.3 Å². The van der Waals surface area contributed by atoms with Gasteiger partial charge in [-0.2, -0.15) is 0 Å². The molecule has 0 aliphatic heterocycles. The molecule has 0 atom stereocenters. The number of esters is 1. The van der Waals surface area contributed by atoms with Gasteiger partial charge < -0.3 is 14.4 Å². The molecule has 0 aliphatic carbocycles. The van der Waals surface area contributed by atoms with Crippen molar-refractivity contribution in [2.75, 3.05) is 33.2 Å². The first-order chi connectivity index (χ1) is 9.08. The van der Waals surface area contributed by atoms with Gasteiger partial charge in [0.05, 0.1) is 14.2 Å². The van der Waals surface area contributed by atoms with Crippen LogP contribution < -0.4 is 4.90 Å². The molecule has 0 bridgehead atoms. The fourth-order valence-corrected chi connectivity index (χ4v) is 1.45. The number of allylic oxidation sites excluding steroid dienone is 2. The van der Waals surface area contributed by atoms with Gasteiger partial charge in [-0.25, -0.2) is 4.79 Å². The standard InChI is InChI=1S/C15H19NO3/c1-16(2)13-10-8-12(9-11-13)6-5-7-14(18-3)15(17)19-4/h5-11H,1-4H3. The first-order valence-corrected chi connectivity index (χ1v) is 5.86. The fraction of sp³-hybridized carbons (Fsp3) is 0.267. The number of anilines is 1. The van der Waals surface area contributed by atoms with Crippen molar-refractivity contribution in [3.05, 3.63) is 47.7 Å². The minimum atomic E-state index is -0.491. The minimum Gasteiger partial charge on any atom is -0.490 e. The number of nitrogens with zero attached hydrogens (tertiary/aromatic N) is 1. The molecule has 0 spiro atoms. The van der Waals surface area contributed by atoms with E-state index in [4.69, 9.17) is 4.74 Å². The number of carbonyl (C=O) groups excluding carboxylic acids is 1. The van der Waals surface area contributed by atoms with Gasteiger partial charge in [-0.05, 0) is 23.8 Å². The van der Waals surface area contributed by atoms with Crippen LogP contribution in [0.25, 0.3) is 6.08 Å². The highest BCUT2D eigenvalue weighted by molar-refractivity contribution is 5.86. The van der Waals surface area contributed by atoms with Crippen LogP contribution in [0, 0.1) is 0 Å². The summed E-state index contributed by atoms with van der Waals surface area (Å²) in [6.45, 7) is 0. The number of methoxy groups -OCH3 is 2. The molecule has 4 heteroatoms. The molecule has 0 heterocycles. The summed E-state index contributed by atoms with van der Waals surface area (Å²) < 4.78 is 9.50. The van der Waals surface area contributed by atoms with E-state index in [1.165, 1.54) is 14.2 Å². The molecule has 19 heavy (non-hydrogen) atoms. The van der Waals surface area contributed by atoms with E-state index < -0.39 is 5.97 Å². The maximum atomic E-state index is 11.3. The summed E-state index contributed by atoms with van der Waals surface area (Å²) in [6.07, 6.45) is 5.22. The van der Waals surface area contributed by atoms with Gasteiger partial charge in [-0.15, -0.1) is 0 Å². The molecule has 0 radical (unpaired) electrons. The zero-order chi connectivity index (χ0) is 14.3. The van der Waals surface area contributed by atoms with Gasteiger partial charge >= 0.3 is 5.97 Å². The number of carbonyl (C=O) groups is 1. The Morgan fingerprint density at radius 3 is 2.21 bits per heavy atom. The van der Waals surface area contributed by atoms with E-state index in [9.17, 15) is 4.79 Å². The Kier molecular flexibility index (Phi) is 5.67. The lowest BCUT2D eigenvalue weighted by Gasteiger charge is -2.11. The Hall–Kier alpha value is -2.23. The first kappa shape index (κ1) is 14.8. The van der Waals surface area contributed by atoms with Crippen LogP contribution >= 0.6 is 0 Å². The Morgan fingerprint density at radius 1 is 1.11 bits per heavy atom. The average molecular weight is 261 g/mol. The Labute approximate surface area is 113 Å². The molecule has 0 saturated heterocycles. The summed E-state index contributed by atoms with van der Waals surface area (Å²) in [5.74, 6) is -0.321. The maximum absolute atomic E-state index is 11.3. The minimum absolute atomic E-state index is 0.170.